The lowest BCUT2D eigenvalue weighted by molar-refractivity contribution is 0.303. The summed E-state index contributed by atoms with van der Waals surface area (Å²) in [5.41, 5.74) is 5.98. The van der Waals surface area contributed by atoms with Gasteiger partial charge in [0, 0.05) is 41.3 Å². The third kappa shape index (κ3) is 5.07. The first-order valence-electron chi connectivity index (χ1n) is 11.0. The average molecular weight is 449 g/mol. The van der Waals surface area contributed by atoms with Crippen molar-refractivity contribution in [2.75, 3.05) is 7.11 Å². The van der Waals surface area contributed by atoms with Crippen LogP contribution in [0.1, 0.15) is 28.1 Å². The second-order valence-electron chi connectivity index (χ2n) is 7.79. The quantitative estimate of drug-likeness (QED) is 0.296. The molecule has 0 aliphatic carbocycles. The maximum Gasteiger partial charge on any atom is 0.129 e. The molecule has 0 unspecified atom stereocenters. The zero-order valence-corrected chi connectivity index (χ0v) is 18.7. The molecule has 34 heavy (non-hydrogen) atoms. The topological polar surface area (TPSA) is 75.8 Å². The molecule has 0 amide bonds. The molecule has 5 rings (SSSR count). The van der Waals surface area contributed by atoms with E-state index in [0.29, 0.717) is 6.61 Å². The molecule has 2 N–H and O–H groups in total. The fraction of sp³-hybridized carbons (Fsp3) is 0.0714. The SMILES string of the molecule is COc1cc(OCc2cccnc2)ccc1/C=C/c1cc(/C=C/c2ccc3[nH]ccc3c2)n[nH]1. The minimum atomic E-state index is 0.454. The maximum absolute atomic E-state index is 5.87. The number of methoxy groups -OCH3 is 1. The van der Waals surface area contributed by atoms with E-state index in [0.717, 1.165) is 45.1 Å². The predicted molar refractivity (Wildman–Crippen MR) is 136 cm³/mol. The van der Waals surface area contributed by atoms with Crippen molar-refractivity contribution < 1.29 is 9.47 Å². The number of H-pyrrole nitrogens is 2. The van der Waals surface area contributed by atoms with Crippen LogP contribution in [0.5, 0.6) is 11.5 Å². The van der Waals surface area contributed by atoms with E-state index in [4.69, 9.17) is 9.47 Å². The zero-order valence-electron chi connectivity index (χ0n) is 18.7. The number of hydrogen-bond donors (Lipinski definition) is 2. The highest BCUT2D eigenvalue weighted by atomic mass is 16.5. The van der Waals surface area contributed by atoms with Crippen molar-refractivity contribution >= 4 is 35.2 Å². The molecule has 0 radical (unpaired) electrons. The Balaban J connectivity index is 1.24. The van der Waals surface area contributed by atoms with Crippen LogP contribution in [-0.2, 0) is 6.61 Å². The minimum absolute atomic E-state index is 0.454. The molecular weight excluding hydrogens is 424 g/mol. The smallest absolute Gasteiger partial charge is 0.129 e. The van der Waals surface area contributed by atoms with Crippen molar-refractivity contribution in [3.63, 3.8) is 0 Å². The van der Waals surface area contributed by atoms with Gasteiger partial charge in [-0.2, -0.15) is 5.10 Å². The lowest BCUT2D eigenvalue weighted by Crippen LogP contribution is -1.96. The van der Waals surface area contributed by atoms with Crippen molar-refractivity contribution in [1.82, 2.24) is 20.2 Å². The monoisotopic (exact) mass is 448 g/mol. The summed E-state index contributed by atoms with van der Waals surface area (Å²) < 4.78 is 11.4. The number of aromatic nitrogens is 4. The lowest BCUT2D eigenvalue weighted by Gasteiger charge is -2.10. The van der Waals surface area contributed by atoms with Gasteiger partial charge >= 0.3 is 0 Å². The Kier molecular flexibility index (Phi) is 6.21. The molecule has 0 fully saturated rings. The summed E-state index contributed by atoms with van der Waals surface area (Å²) >= 11 is 0. The molecule has 0 aliphatic rings. The number of ether oxygens (including phenoxy) is 2. The summed E-state index contributed by atoms with van der Waals surface area (Å²) in [5.74, 6) is 1.48. The second-order valence-corrected chi connectivity index (χ2v) is 7.79. The molecule has 0 aliphatic heterocycles. The number of rotatable bonds is 8. The Bertz CT molecular complexity index is 1450. The minimum Gasteiger partial charge on any atom is -0.496 e. The third-order valence-corrected chi connectivity index (χ3v) is 5.42. The fourth-order valence-corrected chi connectivity index (χ4v) is 3.63. The number of nitrogens with zero attached hydrogens (tertiary/aromatic N) is 2. The molecule has 0 spiro atoms. The van der Waals surface area contributed by atoms with Gasteiger partial charge in [0.2, 0.25) is 0 Å². The molecule has 168 valence electrons. The normalized spacial score (nSPS) is 11.6. The van der Waals surface area contributed by atoms with Crippen LogP contribution in [0.25, 0.3) is 35.2 Å². The van der Waals surface area contributed by atoms with E-state index in [1.807, 2.05) is 60.8 Å². The first kappa shape index (κ1) is 21.3. The standard InChI is InChI=1S/C28H24N4O2/c1-33-28-17-26(34-19-21-3-2-13-29-18-21)10-7-22(28)6-9-25-16-24(31-32-25)8-4-20-5-11-27-23(15-20)12-14-30-27/h2-18,30H,19H2,1H3,(H,31,32)/b8-4+,9-6+. The van der Waals surface area contributed by atoms with Gasteiger partial charge in [-0.05, 0) is 71.6 Å². The van der Waals surface area contributed by atoms with Gasteiger partial charge in [0.15, 0.2) is 0 Å². The number of nitrogens with one attached hydrogen (secondary N) is 2. The predicted octanol–water partition coefficient (Wildman–Crippen LogP) is 6.21. The fourth-order valence-electron chi connectivity index (χ4n) is 3.63. The van der Waals surface area contributed by atoms with Crippen LogP contribution in [0.3, 0.4) is 0 Å². The van der Waals surface area contributed by atoms with E-state index in [1.54, 1.807) is 19.5 Å². The zero-order chi connectivity index (χ0) is 23.2. The van der Waals surface area contributed by atoms with E-state index in [1.165, 1.54) is 5.39 Å². The van der Waals surface area contributed by atoms with E-state index >= 15 is 0 Å². The van der Waals surface area contributed by atoms with Crippen LogP contribution in [0.4, 0.5) is 0 Å². The Morgan fingerprint density at radius 2 is 1.91 bits per heavy atom. The van der Waals surface area contributed by atoms with Gasteiger partial charge in [-0.1, -0.05) is 18.2 Å². The van der Waals surface area contributed by atoms with Crippen molar-refractivity contribution in [2.24, 2.45) is 0 Å². The van der Waals surface area contributed by atoms with Crippen molar-refractivity contribution in [3.05, 3.63) is 107 Å². The molecule has 0 saturated heterocycles. The Morgan fingerprint density at radius 3 is 2.79 bits per heavy atom. The van der Waals surface area contributed by atoms with Gasteiger partial charge in [0.1, 0.15) is 18.1 Å². The van der Waals surface area contributed by atoms with Crippen LogP contribution in [-0.4, -0.2) is 27.3 Å². The molecule has 3 aromatic heterocycles. The summed E-state index contributed by atoms with van der Waals surface area (Å²) in [5, 5.41) is 8.63. The van der Waals surface area contributed by atoms with Crippen LogP contribution in [0, 0.1) is 0 Å². The molecule has 2 aromatic carbocycles. The van der Waals surface area contributed by atoms with Crippen LogP contribution in [0.15, 0.2) is 79.3 Å². The number of benzene rings is 2. The summed E-state index contributed by atoms with van der Waals surface area (Å²) in [6, 6.07) is 20.0. The van der Waals surface area contributed by atoms with E-state index in [-0.39, 0.29) is 0 Å². The third-order valence-electron chi connectivity index (χ3n) is 5.42. The summed E-state index contributed by atoms with van der Waals surface area (Å²) in [6.45, 7) is 0.454. The van der Waals surface area contributed by atoms with E-state index < -0.39 is 0 Å². The van der Waals surface area contributed by atoms with Crippen LogP contribution in [0.2, 0.25) is 0 Å². The Hall–Kier alpha value is -4.58. The van der Waals surface area contributed by atoms with E-state index in [2.05, 4.69) is 50.5 Å². The molecule has 6 nitrogen and oxygen atoms in total. The molecule has 0 saturated carbocycles. The van der Waals surface area contributed by atoms with Crippen LogP contribution < -0.4 is 9.47 Å². The molecule has 3 heterocycles. The molecule has 0 bridgehead atoms. The second kappa shape index (κ2) is 9.92. The number of fused-ring (bicyclic) bond motifs is 1. The van der Waals surface area contributed by atoms with Crippen LogP contribution >= 0.6 is 0 Å². The average Bonchev–Trinajstić information content (AvgIpc) is 3.55. The molecule has 5 aromatic rings. The molecular formula is C28H24N4O2. The summed E-state index contributed by atoms with van der Waals surface area (Å²) in [4.78, 5) is 7.32. The summed E-state index contributed by atoms with van der Waals surface area (Å²) in [7, 11) is 1.65. The lowest BCUT2D eigenvalue weighted by atomic mass is 10.1. The van der Waals surface area contributed by atoms with Gasteiger partial charge in [-0.15, -0.1) is 0 Å². The van der Waals surface area contributed by atoms with Gasteiger partial charge in [-0.25, -0.2) is 0 Å². The number of hydrogen-bond acceptors (Lipinski definition) is 4. The van der Waals surface area contributed by atoms with Gasteiger partial charge in [-0.3, -0.25) is 10.1 Å². The van der Waals surface area contributed by atoms with Crippen molar-refractivity contribution in [1.29, 1.82) is 0 Å². The first-order valence-corrected chi connectivity index (χ1v) is 11.0. The maximum atomic E-state index is 5.87. The van der Waals surface area contributed by atoms with Gasteiger partial charge in [0.05, 0.1) is 18.5 Å². The molecule has 6 heteroatoms. The van der Waals surface area contributed by atoms with Gasteiger partial charge < -0.3 is 14.5 Å². The highest BCUT2D eigenvalue weighted by Crippen LogP contribution is 2.27. The largest absolute Gasteiger partial charge is 0.496 e. The summed E-state index contributed by atoms with van der Waals surface area (Å²) in [6.07, 6.45) is 13.5. The van der Waals surface area contributed by atoms with Gasteiger partial charge in [0.25, 0.3) is 0 Å². The van der Waals surface area contributed by atoms with E-state index in [9.17, 15) is 0 Å². The van der Waals surface area contributed by atoms with Crippen molar-refractivity contribution in [3.8, 4) is 11.5 Å². The highest BCUT2D eigenvalue weighted by molar-refractivity contribution is 5.83. The Morgan fingerprint density at radius 1 is 0.941 bits per heavy atom. The Labute approximate surface area is 197 Å². The highest BCUT2D eigenvalue weighted by Gasteiger charge is 2.04. The first-order chi connectivity index (χ1) is 16.8. The van der Waals surface area contributed by atoms with Crippen molar-refractivity contribution in [2.45, 2.75) is 6.61 Å². The number of aromatic amines is 2. The molecule has 0 atom stereocenters. The number of pyridine rings is 1.